The first-order chi connectivity index (χ1) is 8.67. The Morgan fingerprint density at radius 3 is 1.61 bits per heavy atom. The van der Waals surface area contributed by atoms with Crippen LogP contribution in [0, 0.1) is 0 Å². The number of hydrogen-bond donors (Lipinski definition) is 0. The van der Waals surface area contributed by atoms with Gasteiger partial charge in [-0.2, -0.15) is 0 Å². The average Bonchev–Trinajstić information content (AvgIpc) is 2.33. The van der Waals surface area contributed by atoms with Crippen LogP contribution in [0.15, 0.2) is 0 Å². The molecule has 1 heterocycles. The molecule has 0 bridgehead atoms. The number of rotatable bonds is 4. The molecule has 1 saturated heterocycles. The van der Waals surface area contributed by atoms with E-state index in [2.05, 4.69) is 0 Å². The lowest BCUT2D eigenvalue weighted by Crippen LogP contribution is -2.35. The van der Waals surface area contributed by atoms with Gasteiger partial charge >= 0.3 is 11.9 Å². The summed E-state index contributed by atoms with van der Waals surface area (Å²) in [6, 6.07) is 0. The van der Waals surface area contributed by atoms with E-state index in [1.165, 1.54) is 0 Å². The number of esters is 2. The van der Waals surface area contributed by atoms with Crippen LogP contribution in [0.25, 0.3) is 0 Å². The lowest BCUT2D eigenvalue weighted by Gasteiger charge is -2.27. The van der Waals surface area contributed by atoms with Gasteiger partial charge in [-0.15, -0.1) is 0 Å². The van der Waals surface area contributed by atoms with Crippen molar-refractivity contribution in [1.82, 2.24) is 0 Å². The Kier molecular flexibility index (Phi) is 6.76. The Labute approximate surface area is 109 Å². The third-order valence-corrected chi connectivity index (χ3v) is 3.14. The van der Waals surface area contributed by atoms with Crippen molar-refractivity contribution in [3.8, 4) is 0 Å². The second-order valence-corrected chi connectivity index (χ2v) is 4.84. The lowest BCUT2D eigenvalue weighted by molar-refractivity contribution is -0.170. The van der Waals surface area contributed by atoms with Gasteiger partial charge in [0.15, 0.2) is 0 Å². The van der Waals surface area contributed by atoms with E-state index < -0.39 is 0 Å². The molecule has 104 valence electrons. The summed E-state index contributed by atoms with van der Waals surface area (Å²) in [5.41, 5.74) is 0. The predicted molar refractivity (Wildman–Crippen MR) is 68.0 cm³/mol. The quantitative estimate of drug-likeness (QED) is 0.726. The van der Waals surface area contributed by atoms with E-state index in [0.717, 1.165) is 25.7 Å². The van der Waals surface area contributed by atoms with E-state index in [1.54, 1.807) is 0 Å². The Morgan fingerprint density at radius 2 is 1.28 bits per heavy atom. The molecule has 0 saturated carbocycles. The molecule has 1 rings (SSSR count). The fraction of sp³-hybridized carbons (Fsp3) is 0.857. The van der Waals surface area contributed by atoms with E-state index in [0.29, 0.717) is 25.7 Å². The summed E-state index contributed by atoms with van der Waals surface area (Å²) in [5, 5.41) is 0. The highest BCUT2D eigenvalue weighted by Gasteiger charge is 2.28. The zero-order valence-electron chi connectivity index (χ0n) is 11.4. The van der Waals surface area contributed by atoms with Gasteiger partial charge in [-0.25, -0.2) is 0 Å². The molecule has 2 atom stereocenters. The van der Waals surface area contributed by atoms with Crippen LogP contribution in [0.2, 0.25) is 0 Å². The number of carbonyl (C=O) groups excluding carboxylic acids is 2. The van der Waals surface area contributed by atoms with E-state index in [1.807, 2.05) is 13.8 Å². The fourth-order valence-corrected chi connectivity index (χ4v) is 2.20. The zero-order valence-corrected chi connectivity index (χ0v) is 11.4. The highest BCUT2D eigenvalue weighted by Crippen LogP contribution is 2.19. The topological polar surface area (TPSA) is 52.6 Å². The summed E-state index contributed by atoms with van der Waals surface area (Å²) in [7, 11) is 0. The van der Waals surface area contributed by atoms with Crippen molar-refractivity contribution in [3.05, 3.63) is 0 Å². The van der Waals surface area contributed by atoms with Crippen molar-refractivity contribution < 1.29 is 19.1 Å². The number of ether oxygens (including phenoxy) is 2. The van der Waals surface area contributed by atoms with Gasteiger partial charge in [-0.3, -0.25) is 9.59 Å². The minimum Gasteiger partial charge on any atom is -0.458 e. The van der Waals surface area contributed by atoms with Crippen LogP contribution in [-0.4, -0.2) is 24.1 Å². The lowest BCUT2D eigenvalue weighted by atomic mass is 10.0. The van der Waals surface area contributed by atoms with Crippen molar-refractivity contribution in [2.75, 3.05) is 0 Å². The molecule has 0 amide bonds. The minimum atomic E-state index is -0.274. The molecule has 0 N–H and O–H groups in total. The zero-order chi connectivity index (χ0) is 13.4. The second kappa shape index (κ2) is 8.11. The van der Waals surface area contributed by atoms with Crippen molar-refractivity contribution in [3.63, 3.8) is 0 Å². The molecule has 0 aromatic carbocycles. The first-order valence-corrected chi connectivity index (χ1v) is 7.06. The summed E-state index contributed by atoms with van der Waals surface area (Å²) in [5.74, 6) is -0.319. The fourth-order valence-electron chi connectivity index (χ4n) is 2.20. The van der Waals surface area contributed by atoms with Gasteiger partial charge in [-0.1, -0.05) is 26.7 Å². The Morgan fingerprint density at radius 1 is 0.889 bits per heavy atom. The van der Waals surface area contributed by atoms with E-state index in [4.69, 9.17) is 9.47 Å². The van der Waals surface area contributed by atoms with Crippen LogP contribution >= 0.6 is 0 Å². The molecule has 0 radical (unpaired) electrons. The summed E-state index contributed by atoms with van der Waals surface area (Å²) >= 11 is 0. The molecule has 4 heteroatoms. The molecule has 1 aliphatic rings. The van der Waals surface area contributed by atoms with Gasteiger partial charge < -0.3 is 9.47 Å². The maximum absolute atomic E-state index is 11.7. The maximum atomic E-state index is 11.7. The van der Waals surface area contributed by atoms with Crippen LogP contribution in [0.1, 0.15) is 65.2 Å². The first-order valence-electron chi connectivity index (χ1n) is 7.06. The molecular weight excluding hydrogens is 232 g/mol. The average molecular weight is 256 g/mol. The maximum Gasteiger partial charge on any atom is 0.306 e. The third-order valence-electron chi connectivity index (χ3n) is 3.14. The standard InChI is InChI=1S/C14H24O4/c1-3-7-11-12(8-4-2)18-14(16)10-6-5-9-13(15)17-11/h11-12H,3-10H2,1-2H3. The molecule has 4 nitrogen and oxygen atoms in total. The second-order valence-electron chi connectivity index (χ2n) is 4.84. The number of hydrogen-bond acceptors (Lipinski definition) is 4. The van der Waals surface area contributed by atoms with Crippen molar-refractivity contribution in [2.24, 2.45) is 0 Å². The van der Waals surface area contributed by atoms with E-state index in [-0.39, 0.29) is 24.1 Å². The van der Waals surface area contributed by atoms with Crippen molar-refractivity contribution in [1.29, 1.82) is 0 Å². The van der Waals surface area contributed by atoms with Gasteiger partial charge in [0.25, 0.3) is 0 Å². The summed E-state index contributed by atoms with van der Waals surface area (Å²) < 4.78 is 10.9. The van der Waals surface area contributed by atoms with Crippen molar-refractivity contribution >= 4 is 11.9 Å². The van der Waals surface area contributed by atoms with Crippen LogP contribution in [0.4, 0.5) is 0 Å². The smallest absolute Gasteiger partial charge is 0.306 e. The van der Waals surface area contributed by atoms with Gasteiger partial charge in [0.1, 0.15) is 12.2 Å². The molecule has 0 aromatic heterocycles. The normalized spacial score (nSPS) is 26.3. The Bertz CT molecular complexity index is 247. The molecule has 18 heavy (non-hydrogen) atoms. The van der Waals surface area contributed by atoms with E-state index >= 15 is 0 Å². The molecular formula is C14H24O4. The monoisotopic (exact) mass is 256 g/mol. The number of cyclic esters (lactones) is 2. The molecule has 2 unspecified atom stereocenters. The van der Waals surface area contributed by atoms with Crippen LogP contribution < -0.4 is 0 Å². The minimum absolute atomic E-state index is 0.160. The summed E-state index contributed by atoms with van der Waals surface area (Å²) in [4.78, 5) is 23.3. The summed E-state index contributed by atoms with van der Waals surface area (Å²) in [6.07, 6.45) is 5.00. The van der Waals surface area contributed by atoms with Gasteiger partial charge in [0.05, 0.1) is 0 Å². The van der Waals surface area contributed by atoms with Crippen LogP contribution in [-0.2, 0) is 19.1 Å². The van der Waals surface area contributed by atoms with Gasteiger partial charge in [0.2, 0.25) is 0 Å². The van der Waals surface area contributed by atoms with Crippen LogP contribution in [0.3, 0.4) is 0 Å². The van der Waals surface area contributed by atoms with Crippen molar-refractivity contribution in [2.45, 2.75) is 77.4 Å². The predicted octanol–water partition coefficient (Wildman–Crippen LogP) is 2.98. The van der Waals surface area contributed by atoms with Gasteiger partial charge in [-0.05, 0) is 25.7 Å². The number of carbonyl (C=O) groups is 2. The van der Waals surface area contributed by atoms with E-state index in [9.17, 15) is 9.59 Å². The largest absolute Gasteiger partial charge is 0.458 e. The highest BCUT2D eigenvalue weighted by molar-refractivity contribution is 5.71. The molecule has 1 aliphatic heterocycles. The Balaban J connectivity index is 2.73. The summed E-state index contributed by atoms with van der Waals surface area (Å²) in [6.45, 7) is 4.08. The molecule has 1 fully saturated rings. The SMILES string of the molecule is CCCC1OC(=O)CCCCC(=O)OC1CCC. The molecule has 0 aromatic rings. The third kappa shape index (κ3) is 5.07. The highest BCUT2D eigenvalue weighted by atomic mass is 16.6. The molecule has 0 spiro atoms. The van der Waals surface area contributed by atoms with Gasteiger partial charge in [0, 0.05) is 12.8 Å². The van der Waals surface area contributed by atoms with Crippen LogP contribution in [0.5, 0.6) is 0 Å². The Hall–Kier alpha value is -1.06. The molecule has 0 aliphatic carbocycles. The first kappa shape index (κ1) is 15.0.